The number of hydrogen-bond donors (Lipinski definition) is 2. The van der Waals surface area contributed by atoms with Crippen LogP contribution in [0.15, 0.2) is 48.9 Å². The second-order valence-corrected chi connectivity index (χ2v) is 8.91. The number of amides is 2. The molecule has 176 valence electrons. The number of carbonyl (C=O) groups is 2. The van der Waals surface area contributed by atoms with E-state index in [1.807, 2.05) is 18.2 Å². The average Bonchev–Trinajstić information content (AvgIpc) is 3.21. The first-order chi connectivity index (χ1) is 16.2. The van der Waals surface area contributed by atoms with E-state index in [1.165, 1.54) is 11.0 Å². The van der Waals surface area contributed by atoms with E-state index in [2.05, 4.69) is 20.3 Å². The molecule has 8 nitrogen and oxygen atoms in total. The number of aromatic nitrogens is 3. The number of anilines is 1. The molecule has 4 rings (SSSR count). The first-order valence-corrected chi connectivity index (χ1v) is 11.0. The van der Waals surface area contributed by atoms with Gasteiger partial charge in [0.1, 0.15) is 22.6 Å². The van der Waals surface area contributed by atoms with Crippen molar-refractivity contribution in [2.75, 3.05) is 18.0 Å². The molecule has 34 heavy (non-hydrogen) atoms. The van der Waals surface area contributed by atoms with Gasteiger partial charge in [0, 0.05) is 41.8 Å². The molecule has 2 amide bonds. The van der Waals surface area contributed by atoms with Gasteiger partial charge in [0.05, 0.1) is 11.9 Å². The van der Waals surface area contributed by atoms with Crippen molar-refractivity contribution in [1.29, 1.82) is 0 Å². The number of nitrogens with one attached hydrogen (secondary N) is 2. The Kier molecular flexibility index (Phi) is 6.45. The number of halogens is 1. The minimum atomic E-state index is -0.571. The van der Waals surface area contributed by atoms with E-state index < -0.39 is 17.5 Å². The van der Waals surface area contributed by atoms with Crippen LogP contribution in [-0.2, 0) is 9.53 Å². The fraction of sp³-hybridized carbons (Fsp3) is 0.280. The first-order valence-electron chi connectivity index (χ1n) is 11.0. The number of aromatic amines is 1. The summed E-state index contributed by atoms with van der Waals surface area (Å²) in [4.78, 5) is 36.7. The Hall–Kier alpha value is -4.01. The van der Waals surface area contributed by atoms with E-state index in [-0.39, 0.29) is 0 Å². The average molecular weight is 464 g/mol. The third kappa shape index (κ3) is 5.14. The highest BCUT2D eigenvalue weighted by Crippen LogP contribution is 2.32. The number of pyridine rings is 2. The fourth-order valence-electron chi connectivity index (χ4n) is 3.69. The SMILES string of the molecule is CC(C)(C)OC(=O)NCCCN(C=O)c1cnc2[nH]cc(-c3cc(F)c4ncccc4c3)c2c1. The summed E-state index contributed by atoms with van der Waals surface area (Å²) in [7, 11) is 0. The van der Waals surface area contributed by atoms with Crippen LogP contribution in [0.5, 0.6) is 0 Å². The zero-order valence-electron chi connectivity index (χ0n) is 19.3. The van der Waals surface area contributed by atoms with E-state index in [4.69, 9.17) is 4.74 Å². The number of rotatable bonds is 7. The topological polar surface area (TPSA) is 100 Å². The second kappa shape index (κ2) is 9.46. The van der Waals surface area contributed by atoms with Gasteiger partial charge >= 0.3 is 6.09 Å². The van der Waals surface area contributed by atoms with Crippen molar-refractivity contribution in [1.82, 2.24) is 20.3 Å². The minimum Gasteiger partial charge on any atom is -0.444 e. The molecule has 0 radical (unpaired) electrons. The van der Waals surface area contributed by atoms with Crippen LogP contribution in [0.4, 0.5) is 14.9 Å². The molecule has 9 heteroatoms. The van der Waals surface area contributed by atoms with Gasteiger partial charge in [-0.05, 0) is 57.0 Å². The van der Waals surface area contributed by atoms with Gasteiger partial charge in [-0.3, -0.25) is 9.78 Å². The van der Waals surface area contributed by atoms with Gasteiger partial charge in [-0.2, -0.15) is 0 Å². The van der Waals surface area contributed by atoms with Crippen LogP contribution < -0.4 is 10.2 Å². The number of ether oxygens (including phenoxy) is 1. The largest absolute Gasteiger partial charge is 0.444 e. The molecule has 0 unspecified atom stereocenters. The maximum atomic E-state index is 14.6. The lowest BCUT2D eigenvalue weighted by molar-refractivity contribution is -0.107. The lowest BCUT2D eigenvalue weighted by Crippen LogP contribution is -2.34. The van der Waals surface area contributed by atoms with Crippen molar-refractivity contribution in [2.45, 2.75) is 32.8 Å². The van der Waals surface area contributed by atoms with Crippen molar-refractivity contribution in [2.24, 2.45) is 0 Å². The Balaban J connectivity index is 1.52. The standard InChI is InChI=1S/C25H26FN5O3/c1-25(2,3)34-24(33)28-8-5-9-31(15-32)18-12-19-20(14-30-23(19)29-13-18)17-10-16-6-4-7-27-22(16)21(26)11-17/h4,6-7,10-15H,5,8-9H2,1-3H3,(H,28,33)(H,29,30). The predicted octanol–water partition coefficient (Wildman–Crippen LogP) is 4.79. The van der Waals surface area contributed by atoms with Crippen LogP contribution in [0.25, 0.3) is 33.1 Å². The molecule has 0 aliphatic carbocycles. The molecular formula is C25H26FN5O3. The Labute approximate surface area is 196 Å². The van der Waals surface area contributed by atoms with Crippen molar-refractivity contribution >= 4 is 40.1 Å². The lowest BCUT2D eigenvalue weighted by atomic mass is 10.0. The van der Waals surface area contributed by atoms with E-state index in [0.717, 1.165) is 17.4 Å². The monoisotopic (exact) mass is 463 g/mol. The summed E-state index contributed by atoms with van der Waals surface area (Å²) in [5.41, 5.74) is 2.43. The van der Waals surface area contributed by atoms with Crippen molar-refractivity contribution in [3.63, 3.8) is 0 Å². The molecule has 0 saturated heterocycles. The molecule has 0 aliphatic heterocycles. The van der Waals surface area contributed by atoms with Gasteiger partial charge in [0.15, 0.2) is 0 Å². The minimum absolute atomic E-state index is 0.317. The molecule has 0 spiro atoms. The molecule has 3 heterocycles. The van der Waals surface area contributed by atoms with E-state index >= 15 is 0 Å². The smallest absolute Gasteiger partial charge is 0.407 e. The molecule has 4 aromatic rings. The normalized spacial score (nSPS) is 11.5. The van der Waals surface area contributed by atoms with Crippen LogP contribution in [-0.4, -0.2) is 46.1 Å². The first kappa shape index (κ1) is 23.2. The zero-order valence-corrected chi connectivity index (χ0v) is 19.3. The van der Waals surface area contributed by atoms with Crippen LogP contribution in [0.2, 0.25) is 0 Å². The van der Waals surface area contributed by atoms with Crippen LogP contribution in [0.3, 0.4) is 0 Å². The van der Waals surface area contributed by atoms with Gasteiger partial charge in [0.2, 0.25) is 6.41 Å². The number of carbonyl (C=O) groups excluding carboxylic acids is 2. The summed E-state index contributed by atoms with van der Waals surface area (Å²) in [6.45, 7) is 6.12. The number of hydrogen-bond acceptors (Lipinski definition) is 5. The molecule has 1 aromatic carbocycles. The maximum absolute atomic E-state index is 14.6. The number of alkyl carbamates (subject to hydrolysis) is 1. The highest BCUT2D eigenvalue weighted by atomic mass is 19.1. The summed E-state index contributed by atoms with van der Waals surface area (Å²) in [5, 5.41) is 4.14. The zero-order chi connectivity index (χ0) is 24.3. The predicted molar refractivity (Wildman–Crippen MR) is 129 cm³/mol. The molecule has 0 aliphatic rings. The summed E-state index contributed by atoms with van der Waals surface area (Å²) >= 11 is 0. The molecule has 0 fully saturated rings. The molecule has 0 saturated carbocycles. The third-order valence-electron chi connectivity index (χ3n) is 5.19. The third-order valence-corrected chi connectivity index (χ3v) is 5.19. The van der Waals surface area contributed by atoms with Gasteiger partial charge in [-0.15, -0.1) is 0 Å². The quantitative estimate of drug-likeness (QED) is 0.303. The Morgan fingerprint density at radius 2 is 2.09 bits per heavy atom. The van der Waals surface area contributed by atoms with Crippen LogP contribution >= 0.6 is 0 Å². The number of fused-ring (bicyclic) bond motifs is 2. The highest BCUT2D eigenvalue weighted by molar-refractivity contribution is 5.98. The van der Waals surface area contributed by atoms with Crippen LogP contribution in [0, 0.1) is 5.82 Å². The molecular weight excluding hydrogens is 437 g/mol. The number of benzene rings is 1. The number of H-pyrrole nitrogens is 1. The molecule has 0 atom stereocenters. The van der Waals surface area contributed by atoms with Crippen LogP contribution in [0.1, 0.15) is 27.2 Å². The summed E-state index contributed by atoms with van der Waals surface area (Å²) < 4.78 is 19.8. The lowest BCUT2D eigenvalue weighted by Gasteiger charge is -2.20. The summed E-state index contributed by atoms with van der Waals surface area (Å²) in [6.07, 6.45) is 5.69. The maximum Gasteiger partial charge on any atom is 0.407 e. The summed E-state index contributed by atoms with van der Waals surface area (Å²) in [5.74, 6) is -0.404. The van der Waals surface area contributed by atoms with Gasteiger partial charge < -0.3 is 19.9 Å². The molecule has 3 aromatic heterocycles. The second-order valence-electron chi connectivity index (χ2n) is 8.91. The Morgan fingerprint density at radius 3 is 2.85 bits per heavy atom. The highest BCUT2D eigenvalue weighted by Gasteiger charge is 2.16. The Morgan fingerprint density at radius 1 is 1.26 bits per heavy atom. The van der Waals surface area contributed by atoms with Crippen molar-refractivity contribution in [3.05, 3.63) is 54.7 Å². The van der Waals surface area contributed by atoms with E-state index in [1.54, 1.807) is 45.4 Å². The van der Waals surface area contributed by atoms with Gasteiger partial charge in [0.25, 0.3) is 0 Å². The number of nitrogens with zero attached hydrogens (tertiary/aromatic N) is 3. The van der Waals surface area contributed by atoms with Gasteiger partial charge in [-0.25, -0.2) is 14.2 Å². The molecule has 0 bridgehead atoms. The van der Waals surface area contributed by atoms with Crippen molar-refractivity contribution < 1.29 is 18.7 Å². The van der Waals surface area contributed by atoms with E-state index in [0.29, 0.717) is 47.3 Å². The van der Waals surface area contributed by atoms with Crippen molar-refractivity contribution in [3.8, 4) is 11.1 Å². The van der Waals surface area contributed by atoms with E-state index in [9.17, 15) is 14.0 Å². The molecule has 2 N–H and O–H groups in total. The van der Waals surface area contributed by atoms with Gasteiger partial charge in [-0.1, -0.05) is 6.07 Å². The summed E-state index contributed by atoms with van der Waals surface area (Å²) in [6, 6.07) is 8.74. The Bertz CT molecular complexity index is 1350. The fourth-order valence-corrected chi connectivity index (χ4v) is 3.69.